The third-order valence-corrected chi connectivity index (χ3v) is 6.16. The highest BCUT2D eigenvalue weighted by molar-refractivity contribution is 7.92. The smallest absolute Gasteiger partial charge is 0.262 e. The first-order chi connectivity index (χ1) is 12.8. The van der Waals surface area contributed by atoms with Crippen LogP contribution in [-0.4, -0.2) is 45.4 Å². The Hall–Kier alpha value is -2.61. The number of benzene rings is 2. The van der Waals surface area contributed by atoms with Gasteiger partial charge in [0.05, 0.1) is 10.6 Å². The lowest BCUT2D eigenvalue weighted by atomic mass is 10.2. The molecule has 1 amide bonds. The molecule has 0 bridgehead atoms. The predicted molar refractivity (Wildman–Crippen MR) is 103 cm³/mol. The predicted octanol–water partition coefficient (Wildman–Crippen LogP) is 2.60. The lowest BCUT2D eigenvalue weighted by Gasteiger charge is -2.35. The molecule has 144 valence electrons. The normalized spacial score (nSPS) is 14.9. The summed E-state index contributed by atoms with van der Waals surface area (Å²) in [5.74, 6) is -0.413. The average molecular weight is 391 g/mol. The Balaban J connectivity index is 1.77. The van der Waals surface area contributed by atoms with Gasteiger partial charge in [-0.15, -0.1) is 0 Å². The summed E-state index contributed by atoms with van der Waals surface area (Å²) in [5, 5.41) is 0. The monoisotopic (exact) mass is 391 g/mol. The van der Waals surface area contributed by atoms with Crippen LogP contribution >= 0.6 is 0 Å². The summed E-state index contributed by atoms with van der Waals surface area (Å²) in [6.45, 7) is 5.77. The molecule has 0 unspecified atom stereocenters. The van der Waals surface area contributed by atoms with Crippen LogP contribution in [0.25, 0.3) is 0 Å². The second kappa shape index (κ2) is 7.56. The fourth-order valence-electron chi connectivity index (χ4n) is 3.17. The summed E-state index contributed by atoms with van der Waals surface area (Å²) in [7, 11) is -3.82. The van der Waals surface area contributed by atoms with Gasteiger partial charge in [-0.2, -0.15) is 0 Å². The highest BCUT2D eigenvalue weighted by Gasteiger charge is 2.20. The summed E-state index contributed by atoms with van der Waals surface area (Å²) in [4.78, 5) is 15.4. The lowest BCUT2D eigenvalue weighted by Crippen LogP contribution is -2.48. The molecule has 6 nitrogen and oxygen atoms in total. The summed E-state index contributed by atoms with van der Waals surface area (Å²) < 4.78 is 41.1. The van der Waals surface area contributed by atoms with Gasteiger partial charge in [0.1, 0.15) is 5.82 Å². The van der Waals surface area contributed by atoms with Gasteiger partial charge < -0.3 is 9.80 Å². The van der Waals surface area contributed by atoms with E-state index in [0.29, 0.717) is 37.4 Å². The molecule has 0 saturated carbocycles. The number of rotatable bonds is 4. The molecule has 0 aromatic heterocycles. The van der Waals surface area contributed by atoms with Gasteiger partial charge in [-0.25, -0.2) is 12.8 Å². The van der Waals surface area contributed by atoms with Gasteiger partial charge in [0.2, 0.25) is 5.91 Å². The Morgan fingerprint density at radius 2 is 1.78 bits per heavy atom. The van der Waals surface area contributed by atoms with Crippen LogP contribution in [0.15, 0.2) is 47.4 Å². The Morgan fingerprint density at radius 3 is 2.41 bits per heavy atom. The van der Waals surface area contributed by atoms with Crippen molar-refractivity contribution in [2.75, 3.05) is 35.8 Å². The maximum atomic E-state index is 13.3. The molecule has 3 rings (SSSR count). The average Bonchev–Trinajstić information content (AvgIpc) is 2.61. The van der Waals surface area contributed by atoms with Gasteiger partial charge in [-0.1, -0.05) is 6.07 Å². The number of carbonyl (C=O) groups excluding carboxylic acids is 1. The van der Waals surface area contributed by atoms with Crippen molar-refractivity contribution >= 4 is 27.3 Å². The quantitative estimate of drug-likeness (QED) is 0.870. The number of carbonyl (C=O) groups is 1. The first-order valence-corrected chi connectivity index (χ1v) is 10.1. The molecule has 27 heavy (non-hydrogen) atoms. The van der Waals surface area contributed by atoms with Gasteiger partial charge in [0.15, 0.2) is 0 Å². The minimum Gasteiger partial charge on any atom is -0.368 e. The molecule has 0 aliphatic carbocycles. The fraction of sp³-hybridized carbons (Fsp3) is 0.316. The van der Waals surface area contributed by atoms with Crippen LogP contribution in [0.3, 0.4) is 0 Å². The first-order valence-electron chi connectivity index (χ1n) is 8.66. The Labute approximate surface area is 158 Å². The van der Waals surface area contributed by atoms with E-state index in [9.17, 15) is 17.6 Å². The number of piperazine rings is 1. The van der Waals surface area contributed by atoms with E-state index in [1.807, 2.05) is 6.07 Å². The van der Waals surface area contributed by atoms with E-state index in [0.717, 1.165) is 11.8 Å². The first kappa shape index (κ1) is 19.2. The van der Waals surface area contributed by atoms with E-state index >= 15 is 0 Å². The van der Waals surface area contributed by atoms with Crippen molar-refractivity contribution in [3.63, 3.8) is 0 Å². The molecule has 1 aliphatic rings. The van der Waals surface area contributed by atoms with Crippen molar-refractivity contribution in [3.8, 4) is 0 Å². The number of hydrogen-bond donors (Lipinski definition) is 1. The van der Waals surface area contributed by atoms with Crippen LogP contribution < -0.4 is 9.62 Å². The highest BCUT2D eigenvalue weighted by atomic mass is 32.2. The van der Waals surface area contributed by atoms with Crippen LogP contribution in [-0.2, 0) is 14.8 Å². The zero-order valence-electron chi connectivity index (χ0n) is 15.3. The number of sulfonamides is 1. The molecule has 1 aliphatic heterocycles. The van der Waals surface area contributed by atoms with Crippen LogP contribution in [0, 0.1) is 12.7 Å². The third-order valence-electron chi connectivity index (χ3n) is 4.62. The lowest BCUT2D eigenvalue weighted by molar-refractivity contribution is -0.129. The van der Waals surface area contributed by atoms with Crippen LogP contribution in [0.2, 0.25) is 0 Å². The molecule has 1 fully saturated rings. The standard InChI is InChI=1S/C19H22FN3O3S/c1-14-12-16(20)6-7-19(14)27(25,26)21-17-4-3-5-18(13-17)23-10-8-22(9-11-23)15(2)24/h3-7,12-13,21H,8-11H2,1-2H3. The molecule has 1 saturated heterocycles. The molecule has 2 aromatic carbocycles. The molecular formula is C19H22FN3O3S. The molecular weight excluding hydrogens is 369 g/mol. The molecule has 1 heterocycles. The van der Waals surface area contributed by atoms with Crippen molar-refractivity contribution < 1.29 is 17.6 Å². The topological polar surface area (TPSA) is 69.7 Å². The number of aryl methyl sites for hydroxylation is 1. The van der Waals surface area contributed by atoms with Gasteiger partial charge in [-0.3, -0.25) is 9.52 Å². The number of amides is 1. The number of nitrogens with one attached hydrogen (secondary N) is 1. The van der Waals surface area contributed by atoms with Gasteiger partial charge >= 0.3 is 0 Å². The molecule has 0 spiro atoms. The zero-order valence-corrected chi connectivity index (χ0v) is 16.1. The highest BCUT2D eigenvalue weighted by Crippen LogP contribution is 2.24. The van der Waals surface area contributed by atoms with Crippen LogP contribution in [0.5, 0.6) is 0 Å². The molecule has 8 heteroatoms. The molecule has 0 atom stereocenters. The third kappa shape index (κ3) is 4.39. The number of nitrogens with zero attached hydrogens (tertiary/aromatic N) is 2. The number of anilines is 2. The summed E-state index contributed by atoms with van der Waals surface area (Å²) in [6, 6.07) is 10.7. The maximum absolute atomic E-state index is 13.3. The van der Waals surface area contributed by atoms with E-state index in [1.165, 1.54) is 12.1 Å². The van der Waals surface area contributed by atoms with Crippen molar-refractivity contribution in [3.05, 3.63) is 53.8 Å². The van der Waals surface area contributed by atoms with E-state index in [4.69, 9.17) is 0 Å². The zero-order chi connectivity index (χ0) is 19.6. The number of halogens is 1. The van der Waals surface area contributed by atoms with Crippen molar-refractivity contribution in [1.82, 2.24) is 4.90 Å². The fourth-order valence-corrected chi connectivity index (χ4v) is 4.45. The summed E-state index contributed by atoms with van der Waals surface area (Å²) in [5.41, 5.74) is 1.67. The van der Waals surface area contributed by atoms with Crippen molar-refractivity contribution in [1.29, 1.82) is 0 Å². The molecule has 1 N–H and O–H groups in total. The molecule has 2 aromatic rings. The van der Waals surface area contributed by atoms with Gasteiger partial charge in [0, 0.05) is 38.8 Å². The van der Waals surface area contributed by atoms with Crippen molar-refractivity contribution in [2.24, 2.45) is 0 Å². The summed E-state index contributed by atoms with van der Waals surface area (Å²) in [6.07, 6.45) is 0. The van der Waals surface area contributed by atoms with E-state index in [-0.39, 0.29) is 10.8 Å². The Morgan fingerprint density at radius 1 is 1.07 bits per heavy atom. The van der Waals surface area contributed by atoms with Crippen LogP contribution in [0.4, 0.5) is 15.8 Å². The SMILES string of the molecule is CC(=O)N1CCN(c2cccc(NS(=O)(=O)c3ccc(F)cc3C)c2)CC1. The summed E-state index contributed by atoms with van der Waals surface area (Å²) >= 11 is 0. The van der Waals surface area contributed by atoms with Gasteiger partial charge in [-0.05, 0) is 48.9 Å². The minimum absolute atomic E-state index is 0.0457. The van der Waals surface area contributed by atoms with Gasteiger partial charge in [0.25, 0.3) is 10.0 Å². The Bertz CT molecular complexity index is 954. The van der Waals surface area contributed by atoms with E-state index < -0.39 is 15.8 Å². The second-order valence-electron chi connectivity index (χ2n) is 6.56. The second-order valence-corrected chi connectivity index (χ2v) is 8.21. The largest absolute Gasteiger partial charge is 0.368 e. The van der Waals surface area contributed by atoms with Crippen molar-refractivity contribution in [2.45, 2.75) is 18.7 Å². The Kier molecular flexibility index (Phi) is 5.36. The maximum Gasteiger partial charge on any atom is 0.262 e. The minimum atomic E-state index is -3.82. The van der Waals surface area contributed by atoms with Crippen LogP contribution in [0.1, 0.15) is 12.5 Å². The van der Waals surface area contributed by atoms with E-state index in [2.05, 4.69) is 9.62 Å². The molecule has 0 radical (unpaired) electrons. The number of hydrogen-bond acceptors (Lipinski definition) is 4. The van der Waals surface area contributed by atoms with E-state index in [1.54, 1.807) is 36.9 Å².